The number of carbonyl (C=O) groups excluding carboxylic acids is 3. The van der Waals surface area contributed by atoms with Crippen LogP contribution in [0.1, 0.15) is 33.2 Å². The van der Waals surface area contributed by atoms with Gasteiger partial charge < -0.3 is 10.1 Å². The fourth-order valence-corrected chi connectivity index (χ4v) is 4.33. The first kappa shape index (κ1) is 19.6. The molecular formula is C19H18N2O6S. The third-order valence-electron chi connectivity index (χ3n) is 4.22. The summed E-state index contributed by atoms with van der Waals surface area (Å²) in [5.41, 5.74) is 1.29. The highest BCUT2D eigenvalue weighted by atomic mass is 32.2. The summed E-state index contributed by atoms with van der Waals surface area (Å²) in [7, 11) is -4.07. The van der Waals surface area contributed by atoms with E-state index in [0.717, 1.165) is 0 Å². The standard InChI is InChI=1S/C19H18N2O6S/c1-3-27-19(24)13-9-8-12(2)15(10-13)20-17(22)11-21-18(23)14-6-4-5-7-16(14)28(21,25)26/h4-10H,3,11H2,1-2H3,(H,20,22). The molecule has 0 aliphatic carbocycles. The molecule has 3 rings (SSSR count). The normalized spacial score (nSPS) is 14.5. The van der Waals surface area contributed by atoms with Crippen LogP contribution in [0.2, 0.25) is 0 Å². The number of ether oxygens (including phenoxy) is 1. The minimum atomic E-state index is -4.07. The van der Waals surface area contributed by atoms with Crippen LogP contribution in [0.4, 0.5) is 5.69 Å². The highest BCUT2D eigenvalue weighted by molar-refractivity contribution is 7.90. The SMILES string of the molecule is CCOC(=O)c1ccc(C)c(NC(=O)CN2C(=O)c3ccccc3S2(=O)=O)c1. The zero-order chi connectivity index (χ0) is 20.5. The molecule has 0 bridgehead atoms. The molecule has 8 nitrogen and oxygen atoms in total. The number of sulfonamides is 1. The molecule has 0 fully saturated rings. The van der Waals surface area contributed by atoms with Crippen LogP contribution >= 0.6 is 0 Å². The lowest BCUT2D eigenvalue weighted by molar-refractivity contribution is -0.116. The first-order chi connectivity index (χ1) is 13.3. The third-order valence-corrected chi connectivity index (χ3v) is 6.01. The molecule has 2 aromatic rings. The number of carbonyl (C=O) groups is 3. The maximum absolute atomic E-state index is 12.5. The molecule has 0 atom stereocenters. The molecule has 0 saturated carbocycles. The summed E-state index contributed by atoms with van der Waals surface area (Å²) in [5, 5.41) is 2.55. The van der Waals surface area contributed by atoms with E-state index >= 15 is 0 Å². The number of hydrogen-bond acceptors (Lipinski definition) is 6. The van der Waals surface area contributed by atoms with Gasteiger partial charge in [0.15, 0.2) is 0 Å². The quantitative estimate of drug-likeness (QED) is 0.766. The fraction of sp³-hybridized carbons (Fsp3) is 0.211. The van der Waals surface area contributed by atoms with Gasteiger partial charge in [0.1, 0.15) is 11.4 Å². The Hall–Kier alpha value is -3.20. The summed E-state index contributed by atoms with van der Waals surface area (Å²) in [6.45, 7) is 2.95. The summed E-state index contributed by atoms with van der Waals surface area (Å²) in [6, 6.07) is 10.4. The first-order valence-electron chi connectivity index (χ1n) is 8.49. The van der Waals surface area contributed by atoms with Gasteiger partial charge in [-0.15, -0.1) is 0 Å². The third kappa shape index (κ3) is 3.48. The highest BCUT2D eigenvalue weighted by Gasteiger charge is 2.41. The molecule has 1 heterocycles. The van der Waals surface area contributed by atoms with Gasteiger partial charge >= 0.3 is 5.97 Å². The summed E-state index contributed by atoms with van der Waals surface area (Å²) in [4.78, 5) is 36.6. The van der Waals surface area contributed by atoms with Crippen molar-refractivity contribution in [3.8, 4) is 0 Å². The second kappa shape index (κ2) is 7.43. The number of nitrogens with one attached hydrogen (secondary N) is 1. The lowest BCUT2D eigenvalue weighted by atomic mass is 10.1. The Bertz CT molecular complexity index is 1080. The Morgan fingerprint density at radius 2 is 1.86 bits per heavy atom. The molecule has 146 valence electrons. The van der Waals surface area contributed by atoms with Crippen molar-refractivity contribution in [1.82, 2.24) is 4.31 Å². The Balaban J connectivity index is 1.79. The number of esters is 1. The fourth-order valence-electron chi connectivity index (χ4n) is 2.81. The Morgan fingerprint density at radius 3 is 2.54 bits per heavy atom. The van der Waals surface area contributed by atoms with E-state index in [1.165, 1.54) is 24.3 Å². The van der Waals surface area contributed by atoms with Gasteiger partial charge in [-0.3, -0.25) is 9.59 Å². The molecule has 1 N–H and O–H groups in total. The van der Waals surface area contributed by atoms with Crippen molar-refractivity contribution in [2.45, 2.75) is 18.7 Å². The molecule has 2 amide bonds. The topological polar surface area (TPSA) is 110 Å². The summed E-state index contributed by atoms with van der Waals surface area (Å²) in [6.07, 6.45) is 0. The number of rotatable bonds is 5. The number of amides is 2. The van der Waals surface area contributed by atoms with E-state index < -0.39 is 34.4 Å². The Morgan fingerprint density at radius 1 is 1.14 bits per heavy atom. The second-order valence-electron chi connectivity index (χ2n) is 6.11. The minimum absolute atomic E-state index is 0.0378. The van der Waals surface area contributed by atoms with Crippen molar-refractivity contribution >= 4 is 33.5 Å². The lowest BCUT2D eigenvalue weighted by Gasteiger charge is -2.16. The van der Waals surface area contributed by atoms with Crippen molar-refractivity contribution in [2.75, 3.05) is 18.5 Å². The summed E-state index contributed by atoms with van der Waals surface area (Å²) >= 11 is 0. The highest BCUT2D eigenvalue weighted by Crippen LogP contribution is 2.29. The lowest BCUT2D eigenvalue weighted by Crippen LogP contribution is -2.37. The molecule has 28 heavy (non-hydrogen) atoms. The van der Waals surface area contributed by atoms with Gasteiger partial charge in [-0.25, -0.2) is 17.5 Å². The molecule has 0 saturated heterocycles. The molecular weight excluding hydrogens is 384 g/mol. The zero-order valence-corrected chi connectivity index (χ0v) is 16.1. The van der Waals surface area contributed by atoms with E-state index in [1.807, 2.05) is 0 Å². The molecule has 9 heteroatoms. The average molecular weight is 402 g/mol. The predicted octanol–water partition coefficient (Wildman–Crippen LogP) is 1.95. The molecule has 0 aromatic heterocycles. The van der Waals surface area contributed by atoms with Crippen LogP contribution in [0, 0.1) is 6.92 Å². The largest absolute Gasteiger partial charge is 0.462 e. The number of hydrogen-bond donors (Lipinski definition) is 1. The summed E-state index contributed by atoms with van der Waals surface area (Å²) < 4.78 is 30.5. The van der Waals surface area contributed by atoms with Crippen LogP contribution in [0.5, 0.6) is 0 Å². The van der Waals surface area contributed by atoms with E-state index in [4.69, 9.17) is 4.74 Å². The van der Waals surface area contributed by atoms with Crippen LogP contribution in [0.15, 0.2) is 47.4 Å². The molecule has 1 aliphatic rings. The Labute approximate surface area is 162 Å². The zero-order valence-electron chi connectivity index (χ0n) is 15.3. The van der Waals surface area contributed by atoms with Crippen molar-refractivity contribution in [1.29, 1.82) is 0 Å². The van der Waals surface area contributed by atoms with Crippen LogP contribution in [0.25, 0.3) is 0 Å². The number of fused-ring (bicyclic) bond motifs is 1. The first-order valence-corrected chi connectivity index (χ1v) is 9.93. The van der Waals surface area contributed by atoms with Gasteiger partial charge in [0.2, 0.25) is 5.91 Å². The minimum Gasteiger partial charge on any atom is -0.462 e. The van der Waals surface area contributed by atoms with E-state index in [2.05, 4.69) is 5.32 Å². The van der Waals surface area contributed by atoms with Gasteiger partial charge in [0.25, 0.3) is 15.9 Å². The Kier molecular flexibility index (Phi) is 5.19. The van der Waals surface area contributed by atoms with Crippen molar-refractivity contribution < 1.29 is 27.5 Å². The average Bonchev–Trinajstić information content (AvgIpc) is 2.85. The maximum atomic E-state index is 12.5. The van der Waals surface area contributed by atoms with Crippen LogP contribution < -0.4 is 5.32 Å². The number of benzene rings is 2. The van der Waals surface area contributed by atoms with Gasteiger partial charge in [-0.2, -0.15) is 0 Å². The van der Waals surface area contributed by atoms with Gasteiger partial charge in [-0.1, -0.05) is 18.2 Å². The van der Waals surface area contributed by atoms with Crippen LogP contribution in [-0.4, -0.2) is 43.7 Å². The number of nitrogens with zero attached hydrogens (tertiary/aromatic N) is 1. The van der Waals surface area contributed by atoms with E-state index in [1.54, 1.807) is 32.0 Å². The van der Waals surface area contributed by atoms with E-state index in [9.17, 15) is 22.8 Å². The van der Waals surface area contributed by atoms with Crippen molar-refractivity contribution in [3.05, 3.63) is 59.2 Å². The van der Waals surface area contributed by atoms with E-state index in [0.29, 0.717) is 15.6 Å². The number of anilines is 1. The smallest absolute Gasteiger partial charge is 0.338 e. The van der Waals surface area contributed by atoms with Gasteiger partial charge in [-0.05, 0) is 43.7 Å². The molecule has 0 unspecified atom stereocenters. The molecule has 0 spiro atoms. The maximum Gasteiger partial charge on any atom is 0.338 e. The van der Waals surface area contributed by atoms with Crippen LogP contribution in [0.3, 0.4) is 0 Å². The monoisotopic (exact) mass is 402 g/mol. The van der Waals surface area contributed by atoms with Gasteiger partial charge in [0, 0.05) is 5.69 Å². The van der Waals surface area contributed by atoms with Crippen molar-refractivity contribution in [2.24, 2.45) is 0 Å². The molecule has 0 radical (unpaired) electrons. The number of aryl methyl sites for hydroxylation is 1. The molecule has 2 aromatic carbocycles. The summed E-state index contributed by atoms with van der Waals surface area (Å²) in [5.74, 6) is -1.98. The predicted molar refractivity (Wildman–Crippen MR) is 100 cm³/mol. The van der Waals surface area contributed by atoms with Gasteiger partial charge in [0.05, 0.1) is 17.7 Å². The second-order valence-corrected chi connectivity index (χ2v) is 7.94. The van der Waals surface area contributed by atoms with Crippen molar-refractivity contribution in [3.63, 3.8) is 0 Å². The van der Waals surface area contributed by atoms with E-state index in [-0.39, 0.29) is 22.6 Å². The van der Waals surface area contributed by atoms with Crippen LogP contribution in [-0.2, 0) is 19.6 Å². The molecule has 1 aliphatic heterocycles.